The van der Waals surface area contributed by atoms with Gasteiger partial charge in [-0.1, -0.05) is 53.6 Å². The minimum Gasteiger partial charge on any atom is -0.351 e. The van der Waals surface area contributed by atoms with Gasteiger partial charge in [-0.2, -0.15) is 4.31 Å². The third-order valence-electron chi connectivity index (χ3n) is 4.99. The van der Waals surface area contributed by atoms with Crippen LogP contribution in [0.2, 0.25) is 5.02 Å². The van der Waals surface area contributed by atoms with Crippen LogP contribution in [0.3, 0.4) is 0 Å². The number of benzene rings is 3. The minimum absolute atomic E-state index is 0.00170. The quantitative estimate of drug-likeness (QED) is 0.447. The number of nitrogens with zero attached hydrogens (tertiary/aromatic N) is 1. The fourth-order valence-corrected chi connectivity index (χ4v) is 5.12. The van der Waals surface area contributed by atoms with Crippen LogP contribution in [0, 0.1) is 6.92 Å². The molecule has 1 amide bonds. The summed E-state index contributed by atoms with van der Waals surface area (Å²) in [6.45, 7) is 1.61. The Balaban J connectivity index is 1.76. The number of nitrogens with two attached hydrogens (primary N) is 1. The second-order valence-corrected chi connectivity index (χ2v) is 11.6. The molecule has 0 aliphatic carbocycles. The van der Waals surface area contributed by atoms with Crippen molar-refractivity contribution in [2.45, 2.75) is 29.8 Å². The Morgan fingerprint density at radius 2 is 1.38 bits per heavy atom. The normalized spacial score (nSPS) is 12.0. The average molecular weight is 522 g/mol. The summed E-state index contributed by atoms with van der Waals surface area (Å²) < 4.78 is 50.4. The molecule has 0 saturated heterocycles. The molecule has 3 N–H and O–H groups in total. The molecule has 0 bridgehead atoms. The van der Waals surface area contributed by atoms with Crippen molar-refractivity contribution in [3.05, 3.63) is 94.5 Å². The number of carbonyl (C=O) groups excluding carboxylic acids is 1. The van der Waals surface area contributed by atoms with Crippen LogP contribution in [-0.2, 0) is 37.9 Å². The largest absolute Gasteiger partial charge is 0.351 e. The predicted molar refractivity (Wildman–Crippen MR) is 130 cm³/mol. The first-order valence-electron chi connectivity index (χ1n) is 10.1. The van der Waals surface area contributed by atoms with Gasteiger partial charge in [-0.15, -0.1) is 0 Å². The Labute approximate surface area is 204 Å². The van der Waals surface area contributed by atoms with Crippen LogP contribution in [0.25, 0.3) is 0 Å². The first-order valence-corrected chi connectivity index (χ1v) is 13.5. The molecule has 0 aliphatic rings. The van der Waals surface area contributed by atoms with Crippen molar-refractivity contribution in [1.82, 2.24) is 9.62 Å². The lowest BCUT2D eigenvalue weighted by atomic mass is 10.1. The standard InChI is InChI=1S/C23H24ClN3O5S2/c1-17-2-4-19(5-3-17)15-27(34(31,32)22-12-8-20(24)9-13-22)16-23(28)26-14-18-6-10-21(11-7-18)33(25,29)30/h2-13H,14-16H2,1H3,(H,26,28)(H2,25,29,30). The monoisotopic (exact) mass is 521 g/mol. The summed E-state index contributed by atoms with van der Waals surface area (Å²) >= 11 is 5.89. The lowest BCUT2D eigenvalue weighted by molar-refractivity contribution is -0.121. The van der Waals surface area contributed by atoms with Gasteiger partial charge in [-0.3, -0.25) is 4.79 Å². The van der Waals surface area contributed by atoms with Crippen LogP contribution in [0.15, 0.2) is 82.6 Å². The maximum atomic E-state index is 13.3. The van der Waals surface area contributed by atoms with Crippen LogP contribution in [-0.4, -0.2) is 33.6 Å². The molecule has 3 rings (SSSR count). The van der Waals surface area contributed by atoms with Crippen LogP contribution in [0.4, 0.5) is 0 Å². The molecular formula is C23H24ClN3O5S2. The molecule has 0 unspecified atom stereocenters. The third kappa shape index (κ3) is 6.87. The molecule has 0 saturated carbocycles. The highest BCUT2D eigenvalue weighted by atomic mass is 35.5. The molecule has 3 aromatic rings. The lowest BCUT2D eigenvalue weighted by Crippen LogP contribution is -2.40. The zero-order valence-electron chi connectivity index (χ0n) is 18.3. The maximum Gasteiger partial charge on any atom is 0.243 e. The smallest absolute Gasteiger partial charge is 0.243 e. The van der Waals surface area contributed by atoms with Crippen LogP contribution in [0.5, 0.6) is 0 Å². The van der Waals surface area contributed by atoms with Gasteiger partial charge < -0.3 is 5.32 Å². The van der Waals surface area contributed by atoms with E-state index < -0.39 is 32.5 Å². The molecule has 34 heavy (non-hydrogen) atoms. The fourth-order valence-electron chi connectivity index (χ4n) is 3.09. The van der Waals surface area contributed by atoms with Crippen LogP contribution >= 0.6 is 11.6 Å². The second-order valence-electron chi connectivity index (χ2n) is 7.68. The summed E-state index contributed by atoms with van der Waals surface area (Å²) in [6.07, 6.45) is 0. The van der Waals surface area contributed by atoms with E-state index in [1.165, 1.54) is 48.5 Å². The van der Waals surface area contributed by atoms with Crippen molar-refractivity contribution in [3.63, 3.8) is 0 Å². The molecule has 0 radical (unpaired) electrons. The fraction of sp³-hybridized carbons (Fsp3) is 0.174. The highest BCUT2D eigenvalue weighted by molar-refractivity contribution is 7.89. The van der Waals surface area contributed by atoms with E-state index in [9.17, 15) is 21.6 Å². The number of primary sulfonamides is 1. The summed E-state index contributed by atoms with van der Waals surface area (Å²) in [5, 5.41) is 8.15. The van der Waals surface area contributed by atoms with Gasteiger partial charge in [0.05, 0.1) is 16.3 Å². The Bertz CT molecular complexity index is 1360. The molecule has 180 valence electrons. The Hall–Kier alpha value is -2.76. The van der Waals surface area contributed by atoms with E-state index in [2.05, 4.69) is 5.32 Å². The molecular weight excluding hydrogens is 498 g/mol. The van der Waals surface area contributed by atoms with Crippen molar-refractivity contribution < 1.29 is 21.6 Å². The Morgan fingerprint density at radius 1 is 0.853 bits per heavy atom. The second kappa shape index (κ2) is 10.7. The highest BCUT2D eigenvalue weighted by Gasteiger charge is 2.27. The molecule has 11 heteroatoms. The van der Waals surface area contributed by atoms with Gasteiger partial charge in [0.1, 0.15) is 0 Å². The molecule has 0 aliphatic heterocycles. The SMILES string of the molecule is Cc1ccc(CN(CC(=O)NCc2ccc(S(N)(=O)=O)cc2)S(=O)(=O)c2ccc(Cl)cc2)cc1. The summed E-state index contributed by atoms with van der Waals surface area (Å²) in [5.41, 5.74) is 2.39. The van der Waals surface area contributed by atoms with Gasteiger partial charge in [0.15, 0.2) is 0 Å². The van der Waals surface area contributed by atoms with Gasteiger partial charge in [-0.05, 0) is 54.4 Å². The summed E-state index contributed by atoms with van der Waals surface area (Å²) in [5.74, 6) is -0.514. The van der Waals surface area contributed by atoms with Crippen molar-refractivity contribution >= 4 is 37.6 Å². The van der Waals surface area contributed by atoms with Gasteiger partial charge in [0.2, 0.25) is 26.0 Å². The Morgan fingerprint density at radius 3 is 1.94 bits per heavy atom. The highest BCUT2D eigenvalue weighted by Crippen LogP contribution is 2.21. The molecule has 0 fully saturated rings. The molecule has 0 spiro atoms. The molecule has 0 atom stereocenters. The number of hydrogen-bond donors (Lipinski definition) is 2. The van der Waals surface area contributed by atoms with Crippen LogP contribution < -0.4 is 10.5 Å². The van der Waals surface area contributed by atoms with E-state index in [-0.39, 0.29) is 22.9 Å². The summed E-state index contributed by atoms with van der Waals surface area (Å²) in [6, 6.07) is 18.8. The van der Waals surface area contributed by atoms with Crippen molar-refractivity contribution in [1.29, 1.82) is 0 Å². The number of nitrogens with one attached hydrogen (secondary N) is 1. The van der Waals surface area contributed by atoms with E-state index in [1.807, 2.05) is 31.2 Å². The van der Waals surface area contributed by atoms with E-state index in [0.29, 0.717) is 10.6 Å². The number of carbonyl (C=O) groups is 1. The molecule has 8 nitrogen and oxygen atoms in total. The first-order chi connectivity index (χ1) is 15.9. The summed E-state index contributed by atoms with van der Waals surface area (Å²) in [7, 11) is -7.81. The number of hydrogen-bond acceptors (Lipinski definition) is 5. The van der Waals surface area contributed by atoms with Gasteiger partial charge >= 0.3 is 0 Å². The number of amides is 1. The number of rotatable bonds is 9. The lowest BCUT2D eigenvalue weighted by Gasteiger charge is -2.22. The van der Waals surface area contributed by atoms with Crippen molar-refractivity contribution in [2.24, 2.45) is 5.14 Å². The molecule has 0 heterocycles. The number of sulfonamides is 2. The van der Waals surface area contributed by atoms with E-state index >= 15 is 0 Å². The van der Waals surface area contributed by atoms with Gasteiger partial charge in [0.25, 0.3) is 0 Å². The zero-order valence-corrected chi connectivity index (χ0v) is 20.7. The topological polar surface area (TPSA) is 127 Å². The molecule has 0 aromatic heterocycles. The van der Waals surface area contributed by atoms with Gasteiger partial charge in [0, 0.05) is 18.1 Å². The summed E-state index contributed by atoms with van der Waals surface area (Å²) in [4.78, 5) is 12.7. The molecule has 3 aromatic carbocycles. The zero-order chi connectivity index (χ0) is 24.9. The van der Waals surface area contributed by atoms with E-state index in [4.69, 9.17) is 16.7 Å². The minimum atomic E-state index is -3.99. The number of halogens is 1. The number of aryl methyl sites for hydroxylation is 1. The predicted octanol–water partition coefficient (Wildman–Crippen LogP) is 2.80. The Kier molecular flexibility index (Phi) is 8.11. The van der Waals surface area contributed by atoms with Crippen LogP contribution in [0.1, 0.15) is 16.7 Å². The third-order valence-corrected chi connectivity index (χ3v) is 7.98. The van der Waals surface area contributed by atoms with Crippen molar-refractivity contribution in [3.8, 4) is 0 Å². The van der Waals surface area contributed by atoms with E-state index in [1.54, 1.807) is 0 Å². The van der Waals surface area contributed by atoms with Crippen molar-refractivity contribution in [2.75, 3.05) is 6.54 Å². The van der Waals surface area contributed by atoms with Gasteiger partial charge in [-0.25, -0.2) is 22.0 Å². The average Bonchev–Trinajstić information content (AvgIpc) is 2.78. The van der Waals surface area contributed by atoms with E-state index in [0.717, 1.165) is 15.4 Å². The maximum absolute atomic E-state index is 13.3. The first kappa shape index (κ1) is 25.9.